The van der Waals surface area contributed by atoms with Crippen LogP contribution < -0.4 is 10.6 Å². The maximum atomic E-state index is 11.4. The number of carbonyl (C=O) groups is 1. The zero-order valence-corrected chi connectivity index (χ0v) is 13.9. The fourth-order valence-corrected chi connectivity index (χ4v) is 3.21. The first-order valence-electron chi connectivity index (χ1n) is 7.48. The second kappa shape index (κ2) is 7.01. The highest BCUT2D eigenvalue weighted by Gasteiger charge is 2.24. The Balaban J connectivity index is 2.19. The highest BCUT2D eigenvalue weighted by atomic mass is 35.5. The summed E-state index contributed by atoms with van der Waals surface area (Å²) >= 11 is 6.13. The van der Waals surface area contributed by atoms with E-state index in [9.17, 15) is 4.79 Å². The Kier molecular flexibility index (Phi) is 5.29. The van der Waals surface area contributed by atoms with Gasteiger partial charge in [0.25, 0.3) is 0 Å². The van der Waals surface area contributed by atoms with E-state index < -0.39 is 0 Å². The molecule has 0 aromatic heterocycles. The molecule has 0 aliphatic carbocycles. The SMILES string of the molecule is CC(=O)N(C)CC1CCCN(c2cc(Cl)cc(N)c2C=N)C1. The van der Waals surface area contributed by atoms with Gasteiger partial charge in [-0.25, -0.2) is 0 Å². The van der Waals surface area contributed by atoms with Crippen LogP contribution in [-0.2, 0) is 4.79 Å². The Bertz CT molecular complexity index is 576. The van der Waals surface area contributed by atoms with Crippen LogP contribution in [0.3, 0.4) is 0 Å². The van der Waals surface area contributed by atoms with Crippen molar-refractivity contribution in [2.24, 2.45) is 5.92 Å². The molecule has 0 saturated carbocycles. The third kappa shape index (κ3) is 3.71. The normalized spacial score (nSPS) is 18.1. The van der Waals surface area contributed by atoms with Gasteiger partial charge in [-0.2, -0.15) is 0 Å². The zero-order chi connectivity index (χ0) is 16.3. The Labute approximate surface area is 136 Å². The molecular weight excluding hydrogens is 300 g/mol. The minimum Gasteiger partial charge on any atom is -0.398 e. The van der Waals surface area contributed by atoms with Gasteiger partial charge in [0.2, 0.25) is 5.91 Å². The molecule has 1 aliphatic rings. The van der Waals surface area contributed by atoms with E-state index in [4.69, 9.17) is 22.7 Å². The number of benzene rings is 1. The smallest absolute Gasteiger partial charge is 0.219 e. The summed E-state index contributed by atoms with van der Waals surface area (Å²) in [5.41, 5.74) is 8.13. The number of nitrogen functional groups attached to an aromatic ring is 1. The lowest BCUT2D eigenvalue weighted by atomic mass is 9.96. The average molecular weight is 323 g/mol. The maximum Gasteiger partial charge on any atom is 0.219 e. The summed E-state index contributed by atoms with van der Waals surface area (Å²) in [7, 11) is 1.83. The summed E-state index contributed by atoms with van der Waals surface area (Å²) in [5, 5.41) is 8.19. The molecule has 1 fully saturated rings. The van der Waals surface area contributed by atoms with E-state index in [1.54, 1.807) is 17.9 Å². The number of nitrogens with one attached hydrogen (secondary N) is 1. The minimum absolute atomic E-state index is 0.0873. The molecule has 1 heterocycles. The molecule has 0 bridgehead atoms. The van der Waals surface area contributed by atoms with Gasteiger partial charge in [0.1, 0.15) is 0 Å². The fourth-order valence-electron chi connectivity index (χ4n) is 2.99. The van der Waals surface area contributed by atoms with Crippen LogP contribution in [0.2, 0.25) is 5.02 Å². The number of piperidine rings is 1. The molecule has 1 aromatic rings. The highest BCUT2D eigenvalue weighted by molar-refractivity contribution is 6.31. The lowest BCUT2D eigenvalue weighted by Crippen LogP contribution is -2.41. The van der Waals surface area contributed by atoms with E-state index >= 15 is 0 Å². The largest absolute Gasteiger partial charge is 0.398 e. The number of amides is 1. The third-order valence-electron chi connectivity index (χ3n) is 4.23. The Hall–Kier alpha value is -1.75. The first-order valence-corrected chi connectivity index (χ1v) is 7.86. The van der Waals surface area contributed by atoms with Crippen molar-refractivity contribution in [2.75, 3.05) is 37.3 Å². The molecular formula is C16H23ClN4O. The van der Waals surface area contributed by atoms with Crippen molar-refractivity contribution >= 4 is 35.1 Å². The summed E-state index contributed by atoms with van der Waals surface area (Å²) in [6, 6.07) is 3.55. The van der Waals surface area contributed by atoms with Crippen molar-refractivity contribution in [3.63, 3.8) is 0 Å². The number of nitrogens with zero attached hydrogens (tertiary/aromatic N) is 2. The molecule has 120 valence electrons. The Morgan fingerprint density at radius 3 is 2.95 bits per heavy atom. The van der Waals surface area contributed by atoms with Gasteiger partial charge in [-0.3, -0.25) is 4.79 Å². The number of hydrogen-bond acceptors (Lipinski definition) is 4. The summed E-state index contributed by atoms with van der Waals surface area (Å²) in [4.78, 5) is 15.4. The predicted octanol–water partition coefficient (Wildman–Crippen LogP) is 2.61. The van der Waals surface area contributed by atoms with Crippen LogP contribution in [0, 0.1) is 11.3 Å². The van der Waals surface area contributed by atoms with Gasteiger partial charge in [0.05, 0.1) is 0 Å². The first-order chi connectivity index (χ1) is 10.4. The Morgan fingerprint density at radius 2 is 2.32 bits per heavy atom. The molecule has 3 N–H and O–H groups in total. The van der Waals surface area contributed by atoms with E-state index in [1.165, 1.54) is 6.21 Å². The van der Waals surface area contributed by atoms with Gasteiger partial charge in [-0.05, 0) is 30.9 Å². The van der Waals surface area contributed by atoms with Crippen molar-refractivity contribution < 1.29 is 4.79 Å². The van der Waals surface area contributed by atoms with Crippen molar-refractivity contribution in [3.8, 4) is 0 Å². The average Bonchev–Trinajstić information content (AvgIpc) is 2.46. The highest BCUT2D eigenvalue weighted by Crippen LogP contribution is 2.32. The second-order valence-corrected chi connectivity index (χ2v) is 6.36. The van der Waals surface area contributed by atoms with Crippen molar-refractivity contribution in [1.82, 2.24) is 4.90 Å². The summed E-state index contributed by atoms with van der Waals surface area (Å²) in [6.07, 6.45) is 3.44. The minimum atomic E-state index is 0.0873. The summed E-state index contributed by atoms with van der Waals surface area (Å²) in [5.74, 6) is 0.505. The van der Waals surface area contributed by atoms with Gasteiger partial charge >= 0.3 is 0 Å². The van der Waals surface area contributed by atoms with Gasteiger partial charge in [0.15, 0.2) is 0 Å². The number of hydrogen-bond donors (Lipinski definition) is 2. The number of carbonyl (C=O) groups excluding carboxylic acids is 1. The second-order valence-electron chi connectivity index (χ2n) is 5.93. The van der Waals surface area contributed by atoms with Crippen LogP contribution in [0.15, 0.2) is 12.1 Å². The molecule has 1 unspecified atom stereocenters. The Morgan fingerprint density at radius 1 is 1.59 bits per heavy atom. The first kappa shape index (κ1) is 16.6. The lowest BCUT2D eigenvalue weighted by Gasteiger charge is -2.37. The molecule has 22 heavy (non-hydrogen) atoms. The van der Waals surface area contributed by atoms with Crippen LogP contribution in [0.4, 0.5) is 11.4 Å². The standard InChI is InChI=1S/C16H23ClN4O/c1-11(22)20(2)9-12-4-3-5-21(10-12)16-7-13(17)6-15(19)14(16)8-18/h6-8,12,18H,3-5,9-10,19H2,1-2H3. The predicted molar refractivity (Wildman–Crippen MR) is 92.0 cm³/mol. The van der Waals surface area contributed by atoms with E-state index in [-0.39, 0.29) is 5.91 Å². The molecule has 1 atom stereocenters. The zero-order valence-electron chi connectivity index (χ0n) is 13.1. The van der Waals surface area contributed by atoms with Crippen molar-refractivity contribution in [2.45, 2.75) is 19.8 Å². The molecule has 2 rings (SSSR count). The van der Waals surface area contributed by atoms with Crippen molar-refractivity contribution in [1.29, 1.82) is 5.41 Å². The van der Waals surface area contributed by atoms with E-state index in [2.05, 4.69) is 4.90 Å². The van der Waals surface area contributed by atoms with E-state index in [0.717, 1.165) is 38.2 Å². The van der Waals surface area contributed by atoms with Crippen LogP contribution >= 0.6 is 11.6 Å². The van der Waals surface area contributed by atoms with Crippen molar-refractivity contribution in [3.05, 3.63) is 22.7 Å². The molecule has 0 radical (unpaired) electrons. The van der Waals surface area contributed by atoms with Crippen LogP contribution in [-0.4, -0.2) is 43.7 Å². The van der Waals surface area contributed by atoms with Crippen LogP contribution in [0.25, 0.3) is 0 Å². The number of rotatable bonds is 4. The maximum absolute atomic E-state index is 11.4. The van der Waals surface area contributed by atoms with Gasteiger partial charge in [0, 0.05) is 61.8 Å². The number of anilines is 2. The third-order valence-corrected chi connectivity index (χ3v) is 4.45. The fraction of sp³-hybridized carbons (Fsp3) is 0.500. The molecule has 1 saturated heterocycles. The van der Waals surface area contributed by atoms with Gasteiger partial charge < -0.3 is 20.9 Å². The molecule has 6 heteroatoms. The number of halogens is 1. The molecule has 1 aliphatic heterocycles. The topological polar surface area (TPSA) is 73.4 Å². The van der Waals surface area contributed by atoms with E-state index in [0.29, 0.717) is 22.2 Å². The molecule has 5 nitrogen and oxygen atoms in total. The summed E-state index contributed by atoms with van der Waals surface area (Å²) < 4.78 is 0. The van der Waals surface area contributed by atoms with Gasteiger partial charge in [-0.15, -0.1) is 0 Å². The summed E-state index contributed by atoms with van der Waals surface area (Å²) in [6.45, 7) is 4.10. The van der Waals surface area contributed by atoms with Gasteiger partial charge in [-0.1, -0.05) is 11.6 Å². The molecule has 1 amide bonds. The van der Waals surface area contributed by atoms with E-state index in [1.807, 2.05) is 13.1 Å². The van der Waals surface area contributed by atoms with Crippen LogP contribution in [0.1, 0.15) is 25.3 Å². The van der Waals surface area contributed by atoms with Crippen LogP contribution in [0.5, 0.6) is 0 Å². The molecule has 0 spiro atoms. The monoisotopic (exact) mass is 322 g/mol. The lowest BCUT2D eigenvalue weighted by molar-refractivity contribution is -0.128. The number of nitrogens with two attached hydrogens (primary N) is 1. The molecule has 1 aromatic carbocycles. The quantitative estimate of drug-likeness (QED) is 0.661.